The van der Waals surface area contributed by atoms with Crippen molar-refractivity contribution in [1.29, 1.82) is 0 Å². The van der Waals surface area contributed by atoms with Crippen molar-refractivity contribution < 1.29 is 4.79 Å². The molecule has 1 amide bonds. The van der Waals surface area contributed by atoms with Crippen LogP contribution in [0.15, 0.2) is 36.7 Å². The molecule has 5 heteroatoms. The molecule has 1 aromatic carbocycles. The van der Waals surface area contributed by atoms with Crippen molar-refractivity contribution in [3.63, 3.8) is 0 Å². The maximum Gasteiger partial charge on any atom is 0.220 e. The second-order valence-corrected chi connectivity index (χ2v) is 6.61. The molecule has 1 aliphatic rings. The van der Waals surface area contributed by atoms with Crippen LogP contribution in [0.3, 0.4) is 0 Å². The minimum absolute atomic E-state index is 0.130. The molecule has 0 saturated heterocycles. The van der Waals surface area contributed by atoms with Crippen LogP contribution < -0.4 is 5.32 Å². The molecule has 24 heavy (non-hydrogen) atoms. The molecule has 3 aromatic rings. The molecule has 2 N–H and O–H groups in total. The van der Waals surface area contributed by atoms with Crippen LogP contribution >= 0.6 is 0 Å². The lowest BCUT2D eigenvalue weighted by atomic mass is 10.1. The number of carbonyl (C=O) groups excluding carboxylic acids is 1. The van der Waals surface area contributed by atoms with E-state index in [1.165, 1.54) is 10.9 Å². The van der Waals surface area contributed by atoms with Crippen molar-refractivity contribution in [2.75, 3.05) is 0 Å². The zero-order valence-electron chi connectivity index (χ0n) is 13.9. The molecule has 0 fully saturated rings. The molecule has 2 aromatic heterocycles. The SMILES string of the molecule is Cc1cn2c(n1)CCC(NC(=O)CCc1c[nH]c3ccccc13)C2. The van der Waals surface area contributed by atoms with E-state index in [0.29, 0.717) is 6.42 Å². The number of imidazole rings is 1. The number of aromatic nitrogens is 3. The van der Waals surface area contributed by atoms with E-state index < -0.39 is 0 Å². The van der Waals surface area contributed by atoms with Crippen LogP contribution in [0.1, 0.15) is 29.9 Å². The fraction of sp³-hybridized carbons (Fsp3) is 0.368. The fourth-order valence-electron chi connectivity index (χ4n) is 3.59. The van der Waals surface area contributed by atoms with Crippen LogP contribution in [0.5, 0.6) is 0 Å². The lowest BCUT2D eigenvalue weighted by Crippen LogP contribution is -2.40. The molecule has 4 rings (SSSR count). The van der Waals surface area contributed by atoms with Gasteiger partial charge in [-0.2, -0.15) is 0 Å². The first-order valence-electron chi connectivity index (χ1n) is 8.56. The molecule has 0 spiro atoms. The molecular weight excluding hydrogens is 300 g/mol. The number of amides is 1. The number of rotatable bonds is 4. The van der Waals surface area contributed by atoms with Gasteiger partial charge in [-0.15, -0.1) is 0 Å². The van der Waals surface area contributed by atoms with Crippen LogP contribution in [0.25, 0.3) is 10.9 Å². The average molecular weight is 322 g/mol. The number of benzene rings is 1. The highest BCUT2D eigenvalue weighted by Crippen LogP contribution is 2.19. The normalized spacial score (nSPS) is 17.0. The molecule has 1 unspecified atom stereocenters. The third-order valence-electron chi connectivity index (χ3n) is 4.77. The Morgan fingerprint density at radius 3 is 3.21 bits per heavy atom. The van der Waals surface area contributed by atoms with E-state index in [2.05, 4.69) is 38.2 Å². The number of hydrogen-bond acceptors (Lipinski definition) is 2. The summed E-state index contributed by atoms with van der Waals surface area (Å²) >= 11 is 0. The second kappa shape index (κ2) is 6.15. The van der Waals surface area contributed by atoms with Gasteiger partial charge in [-0.05, 0) is 31.4 Å². The third kappa shape index (κ3) is 2.94. The first-order chi connectivity index (χ1) is 11.7. The summed E-state index contributed by atoms with van der Waals surface area (Å²) in [5, 5.41) is 4.39. The van der Waals surface area contributed by atoms with Gasteiger partial charge in [0.05, 0.1) is 5.69 Å². The van der Waals surface area contributed by atoms with Crippen LogP contribution in [0.2, 0.25) is 0 Å². The number of fused-ring (bicyclic) bond motifs is 2. The van der Waals surface area contributed by atoms with Gasteiger partial charge in [0.1, 0.15) is 5.82 Å². The highest BCUT2D eigenvalue weighted by atomic mass is 16.1. The standard InChI is InChI=1S/C19H22N4O/c1-13-11-23-12-15(7-8-18(23)21-13)22-19(24)9-6-14-10-20-17-5-3-2-4-16(14)17/h2-5,10-11,15,20H,6-9,12H2,1H3,(H,22,24). The van der Waals surface area contributed by atoms with Gasteiger partial charge < -0.3 is 14.9 Å². The number of aromatic amines is 1. The predicted octanol–water partition coefficient (Wildman–Crippen LogP) is 2.74. The first-order valence-corrected chi connectivity index (χ1v) is 8.56. The molecule has 0 bridgehead atoms. The Labute approximate surface area is 141 Å². The second-order valence-electron chi connectivity index (χ2n) is 6.61. The van der Waals surface area contributed by atoms with Crippen LogP contribution in [0, 0.1) is 6.92 Å². The Morgan fingerprint density at radius 1 is 1.42 bits per heavy atom. The lowest BCUT2D eigenvalue weighted by Gasteiger charge is -2.24. The van der Waals surface area contributed by atoms with E-state index in [9.17, 15) is 4.79 Å². The number of carbonyl (C=O) groups is 1. The average Bonchev–Trinajstić information content (AvgIpc) is 3.15. The third-order valence-corrected chi connectivity index (χ3v) is 4.77. The summed E-state index contributed by atoms with van der Waals surface area (Å²) in [6, 6.07) is 8.42. The van der Waals surface area contributed by atoms with Crippen molar-refractivity contribution in [3.8, 4) is 0 Å². The Balaban J connectivity index is 1.34. The highest BCUT2D eigenvalue weighted by Gasteiger charge is 2.21. The summed E-state index contributed by atoms with van der Waals surface area (Å²) in [5.74, 6) is 1.27. The van der Waals surface area contributed by atoms with E-state index in [4.69, 9.17) is 0 Å². The van der Waals surface area contributed by atoms with E-state index in [1.807, 2.05) is 25.3 Å². The number of para-hydroxylation sites is 1. The van der Waals surface area contributed by atoms with Crippen molar-refractivity contribution in [3.05, 3.63) is 53.7 Å². The highest BCUT2D eigenvalue weighted by molar-refractivity contribution is 5.84. The monoisotopic (exact) mass is 322 g/mol. The van der Waals surface area contributed by atoms with Crippen LogP contribution in [-0.4, -0.2) is 26.5 Å². The van der Waals surface area contributed by atoms with Gasteiger partial charge in [-0.1, -0.05) is 18.2 Å². The van der Waals surface area contributed by atoms with Gasteiger partial charge >= 0.3 is 0 Å². The smallest absolute Gasteiger partial charge is 0.220 e. The van der Waals surface area contributed by atoms with Gasteiger partial charge in [0.25, 0.3) is 0 Å². The zero-order valence-corrected chi connectivity index (χ0v) is 13.9. The molecule has 124 valence electrons. The number of H-pyrrole nitrogens is 1. The molecular formula is C19H22N4O. The van der Waals surface area contributed by atoms with Crippen LogP contribution in [-0.2, 0) is 24.2 Å². The van der Waals surface area contributed by atoms with E-state index >= 15 is 0 Å². The van der Waals surface area contributed by atoms with Gasteiger partial charge in [0, 0.05) is 48.7 Å². The maximum absolute atomic E-state index is 12.3. The van der Waals surface area contributed by atoms with Crippen molar-refractivity contribution in [2.45, 2.75) is 45.2 Å². The predicted molar refractivity (Wildman–Crippen MR) is 93.8 cm³/mol. The van der Waals surface area contributed by atoms with Gasteiger partial charge in [0.15, 0.2) is 0 Å². The summed E-state index contributed by atoms with van der Waals surface area (Å²) in [6.45, 7) is 2.84. The van der Waals surface area contributed by atoms with E-state index in [0.717, 1.165) is 42.8 Å². The zero-order chi connectivity index (χ0) is 16.5. The largest absolute Gasteiger partial charge is 0.361 e. The number of aryl methyl sites for hydroxylation is 3. The molecule has 3 heterocycles. The quantitative estimate of drug-likeness (QED) is 0.776. The number of hydrogen-bond donors (Lipinski definition) is 2. The lowest BCUT2D eigenvalue weighted by molar-refractivity contribution is -0.121. The van der Waals surface area contributed by atoms with Gasteiger partial charge in [-0.25, -0.2) is 4.98 Å². The van der Waals surface area contributed by atoms with E-state index in [1.54, 1.807) is 0 Å². The maximum atomic E-state index is 12.3. The fourth-order valence-corrected chi connectivity index (χ4v) is 3.59. The summed E-state index contributed by atoms with van der Waals surface area (Å²) < 4.78 is 2.17. The van der Waals surface area contributed by atoms with Crippen LogP contribution in [0.4, 0.5) is 0 Å². The molecule has 0 saturated carbocycles. The molecule has 0 radical (unpaired) electrons. The van der Waals surface area contributed by atoms with Crippen molar-refractivity contribution in [2.24, 2.45) is 0 Å². The van der Waals surface area contributed by atoms with Crippen molar-refractivity contribution >= 4 is 16.8 Å². The first kappa shape index (κ1) is 15.0. The summed E-state index contributed by atoms with van der Waals surface area (Å²) in [4.78, 5) is 20.1. The Kier molecular flexibility index (Phi) is 3.84. The molecule has 1 aliphatic heterocycles. The summed E-state index contributed by atoms with van der Waals surface area (Å²) in [7, 11) is 0. The summed E-state index contributed by atoms with van der Waals surface area (Å²) in [6.07, 6.45) is 7.27. The topological polar surface area (TPSA) is 62.7 Å². The summed E-state index contributed by atoms with van der Waals surface area (Å²) in [5.41, 5.74) is 3.39. The van der Waals surface area contributed by atoms with Crippen molar-refractivity contribution in [1.82, 2.24) is 19.9 Å². The molecule has 5 nitrogen and oxygen atoms in total. The van der Waals surface area contributed by atoms with Gasteiger partial charge in [-0.3, -0.25) is 4.79 Å². The number of nitrogens with zero attached hydrogens (tertiary/aromatic N) is 2. The Hall–Kier alpha value is -2.56. The number of nitrogens with one attached hydrogen (secondary N) is 2. The van der Waals surface area contributed by atoms with E-state index in [-0.39, 0.29) is 11.9 Å². The Morgan fingerprint density at radius 2 is 2.29 bits per heavy atom. The molecule has 0 aliphatic carbocycles. The van der Waals surface area contributed by atoms with Gasteiger partial charge in [0.2, 0.25) is 5.91 Å². The Bertz CT molecular complexity index is 877. The minimum atomic E-state index is 0.130. The minimum Gasteiger partial charge on any atom is -0.361 e. The molecule has 1 atom stereocenters.